The third-order valence-corrected chi connectivity index (χ3v) is 4.12. The number of thiophene rings is 1. The molecular weight excluding hydrogens is 310 g/mol. The Labute approximate surface area is 132 Å². The molecule has 4 nitrogen and oxygen atoms in total. The molecule has 0 unspecified atom stereocenters. The highest BCUT2D eigenvalue weighted by atomic mass is 35.5. The molecule has 1 N–H and O–H groups in total. The minimum atomic E-state index is -0.205. The van der Waals surface area contributed by atoms with Crippen LogP contribution in [0.15, 0.2) is 42.5 Å². The van der Waals surface area contributed by atoms with Crippen molar-refractivity contribution in [1.82, 2.24) is 5.32 Å². The molecule has 0 radical (unpaired) electrons. The highest BCUT2D eigenvalue weighted by Gasteiger charge is 2.14. The maximum atomic E-state index is 11.8. The Morgan fingerprint density at radius 1 is 1.29 bits per heavy atom. The molecule has 0 fully saturated rings. The summed E-state index contributed by atoms with van der Waals surface area (Å²) in [7, 11) is 1.60. The Morgan fingerprint density at radius 2 is 2.05 bits per heavy atom. The second kappa shape index (κ2) is 8.02. The van der Waals surface area contributed by atoms with Crippen molar-refractivity contribution in [1.29, 1.82) is 0 Å². The van der Waals surface area contributed by atoms with E-state index < -0.39 is 0 Å². The van der Waals surface area contributed by atoms with Gasteiger partial charge in [-0.05, 0) is 24.3 Å². The van der Waals surface area contributed by atoms with Crippen molar-refractivity contribution in [3.8, 4) is 5.75 Å². The third kappa shape index (κ3) is 5.04. The van der Waals surface area contributed by atoms with E-state index in [4.69, 9.17) is 21.1 Å². The molecule has 0 aliphatic rings. The van der Waals surface area contributed by atoms with E-state index in [1.54, 1.807) is 19.2 Å². The van der Waals surface area contributed by atoms with Gasteiger partial charge >= 0.3 is 0 Å². The Kier molecular flexibility index (Phi) is 6.04. The number of benzene rings is 1. The molecule has 21 heavy (non-hydrogen) atoms. The number of para-hydroxylation sites is 1. The van der Waals surface area contributed by atoms with Crippen molar-refractivity contribution in [3.05, 3.63) is 51.7 Å². The molecule has 6 heteroatoms. The molecule has 0 aliphatic carbocycles. The molecule has 1 heterocycles. The summed E-state index contributed by atoms with van der Waals surface area (Å²) in [5.74, 6) is 0.476. The second-order valence-electron chi connectivity index (χ2n) is 4.27. The maximum Gasteiger partial charge on any atom is 0.258 e. The van der Waals surface area contributed by atoms with E-state index in [1.165, 1.54) is 11.3 Å². The molecule has 112 valence electrons. The predicted octanol–water partition coefficient (Wildman–Crippen LogP) is 3.28. The lowest BCUT2D eigenvalue weighted by Gasteiger charge is -2.14. The summed E-state index contributed by atoms with van der Waals surface area (Å²) in [4.78, 5) is 12.7. The summed E-state index contributed by atoms with van der Waals surface area (Å²) in [5.41, 5.74) is 0. The molecule has 0 bridgehead atoms. The van der Waals surface area contributed by atoms with Gasteiger partial charge in [-0.15, -0.1) is 11.3 Å². The third-order valence-electron chi connectivity index (χ3n) is 2.79. The zero-order valence-electron chi connectivity index (χ0n) is 11.5. The Balaban J connectivity index is 1.77. The van der Waals surface area contributed by atoms with Crippen LogP contribution < -0.4 is 10.1 Å². The van der Waals surface area contributed by atoms with Gasteiger partial charge in [0, 0.05) is 18.5 Å². The van der Waals surface area contributed by atoms with Crippen molar-refractivity contribution in [2.24, 2.45) is 0 Å². The molecule has 2 aromatic rings. The Bertz CT molecular complexity index is 573. The first-order chi connectivity index (χ1) is 10.2. The standard InChI is InChI=1S/C15H16ClNO3S/c1-19-12(13-7-8-14(16)21-13)9-17-15(18)10-20-11-5-3-2-4-6-11/h2-8,12H,9-10H2,1H3,(H,17,18)/t12-/m0/s1. The molecule has 0 saturated heterocycles. The van der Waals surface area contributed by atoms with Crippen LogP contribution in [0.5, 0.6) is 5.75 Å². The number of rotatable bonds is 7. The zero-order valence-corrected chi connectivity index (χ0v) is 13.1. The summed E-state index contributed by atoms with van der Waals surface area (Å²) in [6, 6.07) is 12.9. The van der Waals surface area contributed by atoms with Crippen molar-refractivity contribution in [2.75, 3.05) is 20.3 Å². The highest BCUT2D eigenvalue weighted by molar-refractivity contribution is 7.16. The van der Waals surface area contributed by atoms with E-state index in [0.29, 0.717) is 16.6 Å². The number of carbonyl (C=O) groups is 1. The summed E-state index contributed by atoms with van der Waals surface area (Å²) < 4.78 is 11.4. The number of nitrogens with one attached hydrogen (secondary N) is 1. The van der Waals surface area contributed by atoms with E-state index in [-0.39, 0.29) is 18.6 Å². The molecule has 1 aromatic carbocycles. The summed E-state index contributed by atoms with van der Waals surface area (Å²) in [6.07, 6.45) is -0.205. The number of ether oxygens (including phenoxy) is 2. The Hall–Kier alpha value is -1.56. The number of methoxy groups -OCH3 is 1. The second-order valence-corrected chi connectivity index (χ2v) is 6.02. The van der Waals surface area contributed by atoms with Gasteiger partial charge in [0.2, 0.25) is 0 Å². The molecule has 1 atom stereocenters. The minimum absolute atomic E-state index is 0.0222. The maximum absolute atomic E-state index is 11.8. The Morgan fingerprint density at radius 3 is 2.67 bits per heavy atom. The van der Waals surface area contributed by atoms with Gasteiger partial charge in [0.25, 0.3) is 5.91 Å². The average Bonchev–Trinajstić information content (AvgIpc) is 2.93. The first kappa shape index (κ1) is 15.8. The van der Waals surface area contributed by atoms with E-state index >= 15 is 0 Å². The van der Waals surface area contributed by atoms with Crippen LogP contribution >= 0.6 is 22.9 Å². The molecule has 1 amide bonds. The summed E-state index contributed by atoms with van der Waals surface area (Å²) >= 11 is 7.34. The highest BCUT2D eigenvalue weighted by Crippen LogP contribution is 2.28. The van der Waals surface area contributed by atoms with Gasteiger partial charge in [-0.25, -0.2) is 0 Å². The number of carbonyl (C=O) groups excluding carboxylic acids is 1. The fraction of sp³-hybridized carbons (Fsp3) is 0.267. The summed E-state index contributed by atoms with van der Waals surface area (Å²) in [5, 5.41) is 2.79. The smallest absolute Gasteiger partial charge is 0.258 e. The van der Waals surface area contributed by atoms with Gasteiger partial charge in [-0.1, -0.05) is 29.8 Å². The van der Waals surface area contributed by atoms with E-state index in [2.05, 4.69) is 5.32 Å². The van der Waals surface area contributed by atoms with E-state index in [9.17, 15) is 4.79 Å². The lowest BCUT2D eigenvalue weighted by molar-refractivity contribution is -0.123. The fourth-order valence-electron chi connectivity index (χ4n) is 1.72. The minimum Gasteiger partial charge on any atom is -0.484 e. The normalized spacial score (nSPS) is 11.9. The average molecular weight is 326 g/mol. The number of amides is 1. The van der Waals surface area contributed by atoms with Crippen LogP contribution in [0.3, 0.4) is 0 Å². The molecule has 2 rings (SSSR count). The van der Waals surface area contributed by atoms with Gasteiger partial charge in [-0.3, -0.25) is 4.79 Å². The summed E-state index contributed by atoms with van der Waals surface area (Å²) in [6.45, 7) is 0.357. The number of hydrogen-bond acceptors (Lipinski definition) is 4. The van der Waals surface area contributed by atoms with Crippen LogP contribution in [0.2, 0.25) is 4.34 Å². The van der Waals surface area contributed by atoms with Crippen LogP contribution in [0.1, 0.15) is 11.0 Å². The van der Waals surface area contributed by atoms with Gasteiger partial charge < -0.3 is 14.8 Å². The zero-order chi connectivity index (χ0) is 15.1. The van der Waals surface area contributed by atoms with Gasteiger partial charge in [-0.2, -0.15) is 0 Å². The van der Waals surface area contributed by atoms with Crippen LogP contribution in [-0.2, 0) is 9.53 Å². The van der Waals surface area contributed by atoms with Crippen LogP contribution in [0, 0.1) is 0 Å². The predicted molar refractivity (Wildman–Crippen MR) is 84.0 cm³/mol. The van der Waals surface area contributed by atoms with Crippen LogP contribution in [0.4, 0.5) is 0 Å². The molecular formula is C15H16ClNO3S. The first-order valence-corrected chi connectivity index (χ1v) is 7.61. The topological polar surface area (TPSA) is 47.6 Å². The van der Waals surface area contributed by atoms with Crippen molar-refractivity contribution in [2.45, 2.75) is 6.10 Å². The van der Waals surface area contributed by atoms with Crippen molar-refractivity contribution >= 4 is 28.8 Å². The molecule has 0 spiro atoms. The van der Waals surface area contributed by atoms with E-state index in [0.717, 1.165) is 4.88 Å². The SMILES string of the molecule is CO[C@@H](CNC(=O)COc1ccccc1)c1ccc(Cl)s1. The fourth-order valence-corrected chi connectivity index (χ4v) is 2.86. The molecule has 0 aliphatic heterocycles. The van der Waals surface area contributed by atoms with E-state index in [1.807, 2.05) is 30.3 Å². The lowest BCUT2D eigenvalue weighted by atomic mass is 10.3. The lowest BCUT2D eigenvalue weighted by Crippen LogP contribution is -2.32. The van der Waals surface area contributed by atoms with Gasteiger partial charge in [0.15, 0.2) is 6.61 Å². The van der Waals surface area contributed by atoms with Crippen molar-refractivity contribution < 1.29 is 14.3 Å². The van der Waals surface area contributed by atoms with Crippen LogP contribution in [0.25, 0.3) is 0 Å². The largest absolute Gasteiger partial charge is 0.484 e. The monoisotopic (exact) mass is 325 g/mol. The molecule has 1 aromatic heterocycles. The molecule has 0 saturated carbocycles. The number of hydrogen-bond donors (Lipinski definition) is 1. The van der Waals surface area contributed by atoms with Crippen molar-refractivity contribution in [3.63, 3.8) is 0 Å². The van der Waals surface area contributed by atoms with Gasteiger partial charge in [0.05, 0.1) is 4.34 Å². The first-order valence-electron chi connectivity index (χ1n) is 6.41. The quantitative estimate of drug-likeness (QED) is 0.849. The number of halogens is 1. The van der Waals surface area contributed by atoms with Gasteiger partial charge in [0.1, 0.15) is 11.9 Å². The van der Waals surface area contributed by atoms with Crippen LogP contribution in [-0.4, -0.2) is 26.2 Å².